The third kappa shape index (κ3) is 3.57. The van der Waals surface area contributed by atoms with Crippen LogP contribution in [0.2, 0.25) is 0 Å². The van der Waals surface area contributed by atoms with Crippen molar-refractivity contribution in [2.45, 2.75) is 31.2 Å². The van der Waals surface area contributed by atoms with Crippen molar-refractivity contribution in [1.29, 1.82) is 0 Å². The topological polar surface area (TPSA) is 66.5 Å². The van der Waals surface area contributed by atoms with Crippen molar-refractivity contribution in [3.8, 4) is 0 Å². The number of benzene rings is 2. The fourth-order valence-electron chi connectivity index (χ4n) is 2.91. The molecule has 1 saturated heterocycles. The van der Waals surface area contributed by atoms with Crippen LogP contribution in [0.1, 0.15) is 17.5 Å². The second-order valence-electron chi connectivity index (χ2n) is 6.20. The predicted molar refractivity (Wildman–Crippen MR) is 93.4 cm³/mol. The lowest BCUT2D eigenvalue weighted by atomic mass is 10.2. The number of amides is 1. The molecule has 2 aromatic rings. The smallest absolute Gasteiger partial charge is 0.245 e. The largest absolute Gasteiger partial charge is 0.311 e. The van der Waals surface area contributed by atoms with E-state index in [0.29, 0.717) is 24.2 Å². The number of sulfonamides is 1. The first kappa shape index (κ1) is 17.6. The molecule has 7 heteroatoms. The SMILES string of the molecule is Cc1ccc(C)c(S(=O)(=O)NC2CCN(c3ccc(F)cc3)C2=O)c1. The molecule has 1 unspecified atom stereocenters. The zero-order valence-corrected chi connectivity index (χ0v) is 14.8. The van der Waals surface area contributed by atoms with Crippen molar-refractivity contribution < 1.29 is 17.6 Å². The van der Waals surface area contributed by atoms with Gasteiger partial charge in [0.2, 0.25) is 15.9 Å². The van der Waals surface area contributed by atoms with E-state index >= 15 is 0 Å². The summed E-state index contributed by atoms with van der Waals surface area (Å²) < 4.78 is 40.9. The van der Waals surface area contributed by atoms with Crippen molar-refractivity contribution in [3.63, 3.8) is 0 Å². The number of nitrogens with zero attached hydrogens (tertiary/aromatic N) is 1. The van der Waals surface area contributed by atoms with Gasteiger partial charge in [0.1, 0.15) is 11.9 Å². The highest BCUT2D eigenvalue weighted by molar-refractivity contribution is 7.89. The molecule has 1 aliphatic heterocycles. The van der Waals surface area contributed by atoms with Crippen molar-refractivity contribution in [2.75, 3.05) is 11.4 Å². The number of carbonyl (C=O) groups is 1. The number of rotatable bonds is 4. The summed E-state index contributed by atoms with van der Waals surface area (Å²) in [5, 5.41) is 0. The number of hydrogen-bond donors (Lipinski definition) is 1. The van der Waals surface area contributed by atoms with Crippen LogP contribution in [0.15, 0.2) is 47.4 Å². The van der Waals surface area contributed by atoms with E-state index < -0.39 is 16.1 Å². The average Bonchev–Trinajstić information content (AvgIpc) is 2.91. The third-order valence-corrected chi connectivity index (χ3v) is 5.89. The number of anilines is 1. The summed E-state index contributed by atoms with van der Waals surface area (Å²) in [6.07, 6.45) is 0.361. The monoisotopic (exact) mass is 362 g/mol. The number of carbonyl (C=O) groups excluding carboxylic acids is 1. The van der Waals surface area contributed by atoms with Crippen LogP contribution in [-0.4, -0.2) is 26.9 Å². The zero-order chi connectivity index (χ0) is 18.2. The Bertz CT molecular complexity index is 910. The summed E-state index contributed by atoms with van der Waals surface area (Å²) in [5.41, 5.74) is 2.01. The first-order valence-electron chi connectivity index (χ1n) is 7.94. The normalized spacial score (nSPS) is 18.0. The number of nitrogens with one attached hydrogen (secondary N) is 1. The molecule has 3 rings (SSSR count). The fraction of sp³-hybridized carbons (Fsp3) is 0.278. The van der Waals surface area contributed by atoms with Crippen LogP contribution < -0.4 is 9.62 Å². The lowest BCUT2D eigenvalue weighted by Gasteiger charge is -2.18. The summed E-state index contributed by atoms with van der Waals surface area (Å²) in [5.74, 6) is -0.719. The Labute approximate surface area is 146 Å². The van der Waals surface area contributed by atoms with E-state index in [0.717, 1.165) is 5.56 Å². The molecule has 0 bridgehead atoms. The molecular weight excluding hydrogens is 343 g/mol. The number of aryl methyl sites for hydroxylation is 2. The van der Waals surface area contributed by atoms with Crippen LogP contribution in [0.4, 0.5) is 10.1 Å². The minimum Gasteiger partial charge on any atom is -0.311 e. The quantitative estimate of drug-likeness (QED) is 0.909. The van der Waals surface area contributed by atoms with Gasteiger partial charge in [-0.1, -0.05) is 12.1 Å². The van der Waals surface area contributed by atoms with Crippen molar-refractivity contribution in [3.05, 3.63) is 59.4 Å². The van der Waals surface area contributed by atoms with Gasteiger partial charge in [-0.3, -0.25) is 4.79 Å². The lowest BCUT2D eigenvalue weighted by Crippen LogP contribution is -2.41. The van der Waals surface area contributed by atoms with Crippen molar-refractivity contribution >= 4 is 21.6 Å². The molecule has 0 spiro atoms. The van der Waals surface area contributed by atoms with Crippen LogP contribution in [0, 0.1) is 19.7 Å². The minimum atomic E-state index is -3.80. The van der Waals surface area contributed by atoms with Crippen LogP contribution in [-0.2, 0) is 14.8 Å². The molecule has 1 atom stereocenters. The Morgan fingerprint density at radius 2 is 1.80 bits per heavy atom. The van der Waals surface area contributed by atoms with Crippen molar-refractivity contribution in [1.82, 2.24) is 4.72 Å². The number of halogens is 1. The van der Waals surface area contributed by atoms with Gasteiger partial charge in [0, 0.05) is 12.2 Å². The van der Waals surface area contributed by atoms with Gasteiger partial charge < -0.3 is 4.90 Å². The summed E-state index contributed by atoms with van der Waals surface area (Å²) in [6, 6.07) is 9.91. The maximum Gasteiger partial charge on any atom is 0.245 e. The van der Waals surface area contributed by atoms with Crippen LogP contribution in [0.5, 0.6) is 0 Å². The van der Waals surface area contributed by atoms with Crippen molar-refractivity contribution in [2.24, 2.45) is 0 Å². The van der Waals surface area contributed by atoms with Gasteiger partial charge in [0.15, 0.2) is 0 Å². The molecule has 1 N–H and O–H groups in total. The summed E-state index contributed by atoms with van der Waals surface area (Å²) >= 11 is 0. The highest BCUT2D eigenvalue weighted by Crippen LogP contribution is 2.24. The molecule has 25 heavy (non-hydrogen) atoms. The Balaban J connectivity index is 1.80. The maximum absolute atomic E-state index is 13.0. The van der Waals surface area contributed by atoms with E-state index in [-0.39, 0.29) is 16.6 Å². The van der Waals surface area contributed by atoms with Gasteiger partial charge in [-0.2, -0.15) is 4.72 Å². The summed E-state index contributed by atoms with van der Waals surface area (Å²) in [4.78, 5) is 14.2. The first-order chi connectivity index (χ1) is 11.8. The fourth-order valence-corrected chi connectivity index (χ4v) is 4.47. The molecule has 1 heterocycles. The summed E-state index contributed by atoms with van der Waals surface area (Å²) in [7, 11) is -3.80. The van der Waals surface area contributed by atoms with Crippen LogP contribution in [0.3, 0.4) is 0 Å². The standard InChI is InChI=1S/C18H19FN2O3S/c1-12-3-4-13(2)17(11-12)25(23,24)20-16-9-10-21(18(16)22)15-7-5-14(19)6-8-15/h3-8,11,16,20H,9-10H2,1-2H3. The van der Waals surface area contributed by atoms with Gasteiger partial charge in [-0.05, 0) is 61.7 Å². The molecule has 0 aromatic heterocycles. The molecule has 1 amide bonds. The molecule has 5 nitrogen and oxygen atoms in total. The molecule has 1 fully saturated rings. The van der Waals surface area contributed by atoms with E-state index in [4.69, 9.17) is 0 Å². The van der Waals surface area contributed by atoms with Gasteiger partial charge in [-0.15, -0.1) is 0 Å². The van der Waals surface area contributed by atoms with Gasteiger partial charge in [0.25, 0.3) is 0 Å². The second kappa shape index (κ2) is 6.57. The molecule has 2 aromatic carbocycles. The van der Waals surface area contributed by atoms with E-state index in [1.54, 1.807) is 19.1 Å². The van der Waals surface area contributed by atoms with Gasteiger partial charge in [-0.25, -0.2) is 12.8 Å². The van der Waals surface area contributed by atoms with Crippen LogP contribution >= 0.6 is 0 Å². The molecule has 0 aliphatic carbocycles. The molecule has 1 aliphatic rings. The van der Waals surface area contributed by atoms with Crippen LogP contribution in [0.25, 0.3) is 0 Å². The average molecular weight is 362 g/mol. The van der Waals surface area contributed by atoms with Gasteiger partial charge in [0.05, 0.1) is 4.90 Å². The highest BCUT2D eigenvalue weighted by Gasteiger charge is 2.36. The Hall–Kier alpha value is -2.25. The lowest BCUT2D eigenvalue weighted by molar-refractivity contribution is -0.118. The second-order valence-corrected chi connectivity index (χ2v) is 7.88. The Kier molecular flexibility index (Phi) is 4.62. The van der Waals surface area contributed by atoms with E-state index in [1.807, 2.05) is 13.0 Å². The Morgan fingerprint density at radius 3 is 2.48 bits per heavy atom. The highest BCUT2D eigenvalue weighted by atomic mass is 32.2. The maximum atomic E-state index is 13.0. The van der Waals surface area contributed by atoms with Gasteiger partial charge >= 0.3 is 0 Å². The minimum absolute atomic E-state index is 0.181. The van der Waals surface area contributed by atoms with E-state index in [9.17, 15) is 17.6 Å². The summed E-state index contributed by atoms with van der Waals surface area (Å²) in [6.45, 7) is 3.91. The third-order valence-electron chi connectivity index (χ3n) is 4.27. The zero-order valence-electron chi connectivity index (χ0n) is 14.0. The number of hydrogen-bond acceptors (Lipinski definition) is 3. The molecule has 0 saturated carbocycles. The van der Waals surface area contributed by atoms with E-state index in [1.165, 1.54) is 29.2 Å². The predicted octanol–water partition coefficient (Wildman–Crippen LogP) is 2.53. The molecular formula is C18H19FN2O3S. The Morgan fingerprint density at radius 1 is 1.12 bits per heavy atom. The molecule has 0 radical (unpaired) electrons. The van der Waals surface area contributed by atoms with E-state index in [2.05, 4.69) is 4.72 Å². The first-order valence-corrected chi connectivity index (χ1v) is 9.43. The molecule has 132 valence electrons.